The van der Waals surface area contributed by atoms with Crippen LogP contribution in [0.3, 0.4) is 0 Å². The number of hydrogen-bond donors (Lipinski definition) is 3. The second-order valence-corrected chi connectivity index (χ2v) is 13.6. The number of nitrogens with zero attached hydrogens (tertiary/aromatic N) is 4. The van der Waals surface area contributed by atoms with E-state index < -0.39 is 0 Å². The Hall–Kier alpha value is -4.67. The maximum Gasteiger partial charge on any atom is 0.254 e. The molecule has 5 aromatic rings. The van der Waals surface area contributed by atoms with Crippen LogP contribution in [0.5, 0.6) is 0 Å². The van der Waals surface area contributed by atoms with Crippen molar-refractivity contribution in [2.75, 3.05) is 59.4 Å². The quantitative estimate of drug-likeness (QED) is 0.150. The highest BCUT2D eigenvalue weighted by Crippen LogP contribution is 2.21. The molecule has 3 heterocycles. The van der Waals surface area contributed by atoms with Crippen LogP contribution in [0.2, 0.25) is 0 Å². The Bertz CT molecular complexity index is 1910. The van der Waals surface area contributed by atoms with Crippen LogP contribution in [0.15, 0.2) is 85.2 Å². The van der Waals surface area contributed by atoms with Gasteiger partial charge in [0, 0.05) is 99.6 Å². The van der Waals surface area contributed by atoms with E-state index in [2.05, 4.69) is 63.2 Å². The average molecular weight is 678 g/mol. The fourth-order valence-corrected chi connectivity index (χ4v) is 7.06. The number of amides is 2. The summed E-state index contributed by atoms with van der Waals surface area (Å²) in [6.07, 6.45) is 5.48. The first kappa shape index (κ1) is 34.2. The van der Waals surface area contributed by atoms with Gasteiger partial charge in [-0.15, -0.1) is 0 Å². The molecule has 9 nitrogen and oxygen atoms in total. The zero-order chi connectivity index (χ0) is 34.3. The first-order valence-electron chi connectivity index (χ1n) is 17.3. The SMILES string of the molecule is CC(C)NC(=S)N1CCN(CCN(CCc2c[nH]c3ccccc23)C(=O)c2ccccc2C(=O)N(C)CCc2c[nH]c3ccccc23)CC1. The van der Waals surface area contributed by atoms with E-state index in [4.69, 9.17) is 12.2 Å². The third-order valence-electron chi connectivity index (χ3n) is 9.50. The molecule has 6 rings (SSSR count). The Balaban J connectivity index is 1.15. The lowest BCUT2D eigenvalue weighted by atomic mass is 10.0. The van der Waals surface area contributed by atoms with Crippen LogP contribution in [0.25, 0.3) is 21.8 Å². The number of piperazine rings is 1. The molecular formula is C39H47N7O2S. The van der Waals surface area contributed by atoms with Gasteiger partial charge in [0.1, 0.15) is 0 Å². The van der Waals surface area contributed by atoms with Gasteiger partial charge >= 0.3 is 0 Å². The Kier molecular flexibility index (Phi) is 11.0. The zero-order valence-electron chi connectivity index (χ0n) is 28.7. The average Bonchev–Trinajstić information content (AvgIpc) is 3.74. The number of hydrogen-bond acceptors (Lipinski definition) is 4. The number of rotatable bonds is 12. The molecule has 0 unspecified atom stereocenters. The van der Waals surface area contributed by atoms with Gasteiger partial charge in [-0.25, -0.2) is 0 Å². The standard InChI is InChI=1S/C39H47N7O2S/c1-28(2)42-39(49)46-24-21-44(22-25-46)20-23-45(19-17-30-27-41-36-15-9-7-11-32(30)36)38(48)34-13-5-4-12-33(34)37(47)43(3)18-16-29-26-40-35-14-8-6-10-31(29)35/h4-15,26-28,40-41H,16-25H2,1-3H3,(H,42,49). The molecule has 3 aromatic carbocycles. The normalized spacial score (nSPS) is 13.7. The molecule has 2 aromatic heterocycles. The van der Waals surface area contributed by atoms with Crippen LogP contribution in [0.4, 0.5) is 0 Å². The lowest BCUT2D eigenvalue weighted by Crippen LogP contribution is -2.53. The van der Waals surface area contributed by atoms with Gasteiger partial charge in [-0.1, -0.05) is 48.5 Å². The van der Waals surface area contributed by atoms with E-state index in [1.807, 2.05) is 60.7 Å². The summed E-state index contributed by atoms with van der Waals surface area (Å²) in [7, 11) is 1.81. The largest absolute Gasteiger partial charge is 0.361 e. The Morgan fingerprint density at radius 3 is 1.88 bits per heavy atom. The molecule has 256 valence electrons. The number of carbonyl (C=O) groups excluding carboxylic acids is 2. The van der Waals surface area contributed by atoms with Crippen molar-refractivity contribution < 1.29 is 9.59 Å². The van der Waals surface area contributed by atoms with Crippen molar-refractivity contribution in [1.29, 1.82) is 0 Å². The number of nitrogens with one attached hydrogen (secondary N) is 3. The number of fused-ring (bicyclic) bond motifs is 2. The molecule has 0 aliphatic carbocycles. The van der Waals surface area contributed by atoms with E-state index in [1.54, 1.807) is 17.0 Å². The summed E-state index contributed by atoms with van der Waals surface area (Å²) in [6.45, 7) is 10.0. The molecule has 3 N–H and O–H groups in total. The van der Waals surface area contributed by atoms with E-state index >= 15 is 0 Å². The predicted octanol–water partition coefficient (Wildman–Crippen LogP) is 5.55. The monoisotopic (exact) mass is 677 g/mol. The number of para-hydroxylation sites is 2. The van der Waals surface area contributed by atoms with Gasteiger partial charge in [0.2, 0.25) is 0 Å². The van der Waals surface area contributed by atoms with E-state index in [1.165, 1.54) is 21.9 Å². The molecule has 0 atom stereocenters. The highest BCUT2D eigenvalue weighted by Gasteiger charge is 2.26. The topological polar surface area (TPSA) is 90.7 Å². The molecule has 1 fully saturated rings. The summed E-state index contributed by atoms with van der Waals surface area (Å²) in [5.41, 5.74) is 5.40. The van der Waals surface area contributed by atoms with Crippen molar-refractivity contribution in [2.45, 2.75) is 32.7 Å². The molecular weight excluding hydrogens is 631 g/mol. The molecule has 10 heteroatoms. The maximum atomic E-state index is 14.4. The van der Waals surface area contributed by atoms with E-state index in [0.717, 1.165) is 48.9 Å². The Labute approximate surface area is 294 Å². The van der Waals surface area contributed by atoms with Gasteiger partial charge in [0.25, 0.3) is 11.8 Å². The van der Waals surface area contributed by atoms with Crippen molar-refractivity contribution in [3.63, 3.8) is 0 Å². The molecule has 2 amide bonds. The highest BCUT2D eigenvalue weighted by molar-refractivity contribution is 7.80. The Morgan fingerprint density at radius 1 is 0.755 bits per heavy atom. The molecule has 1 saturated heterocycles. The number of likely N-dealkylation sites (N-methyl/N-ethyl adjacent to an activating group) is 1. The fourth-order valence-electron chi connectivity index (χ4n) is 6.64. The summed E-state index contributed by atoms with van der Waals surface area (Å²) < 4.78 is 0. The maximum absolute atomic E-state index is 14.4. The van der Waals surface area contributed by atoms with Crippen molar-refractivity contribution in [1.82, 2.24) is 34.9 Å². The van der Waals surface area contributed by atoms with Crippen molar-refractivity contribution in [3.8, 4) is 0 Å². The van der Waals surface area contributed by atoms with Gasteiger partial charge in [0.05, 0.1) is 11.1 Å². The van der Waals surface area contributed by atoms with Crippen molar-refractivity contribution in [2.24, 2.45) is 0 Å². The minimum absolute atomic E-state index is 0.116. The first-order valence-corrected chi connectivity index (χ1v) is 17.7. The van der Waals surface area contributed by atoms with Gasteiger partial charge in [-0.05, 0) is 74.3 Å². The molecule has 1 aliphatic heterocycles. The van der Waals surface area contributed by atoms with E-state index in [-0.39, 0.29) is 11.8 Å². The fraction of sp³-hybridized carbons (Fsp3) is 0.359. The van der Waals surface area contributed by atoms with Crippen LogP contribution in [-0.2, 0) is 12.8 Å². The summed E-state index contributed by atoms with van der Waals surface area (Å²) in [6, 6.07) is 24.0. The summed E-state index contributed by atoms with van der Waals surface area (Å²) in [5, 5.41) is 6.49. The van der Waals surface area contributed by atoms with Gasteiger partial charge in [-0.3, -0.25) is 14.5 Å². The molecule has 1 aliphatic rings. The molecule has 0 bridgehead atoms. The zero-order valence-corrected chi connectivity index (χ0v) is 29.6. The van der Waals surface area contributed by atoms with Crippen molar-refractivity contribution >= 4 is 51.0 Å². The molecule has 0 radical (unpaired) electrons. The number of aromatic nitrogens is 2. The Morgan fingerprint density at radius 2 is 1.29 bits per heavy atom. The summed E-state index contributed by atoms with van der Waals surface area (Å²) in [4.78, 5) is 43.3. The second kappa shape index (κ2) is 15.7. The number of aromatic amines is 2. The lowest BCUT2D eigenvalue weighted by Gasteiger charge is -2.37. The molecule has 0 saturated carbocycles. The van der Waals surface area contributed by atoms with Crippen LogP contribution in [0, 0.1) is 0 Å². The van der Waals surface area contributed by atoms with Crippen molar-refractivity contribution in [3.05, 3.63) is 107 Å². The second-order valence-electron chi connectivity index (χ2n) is 13.2. The smallest absolute Gasteiger partial charge is 0.254 e. The predicted molar refractivity (Wildman–Crippen MR) is 202 cm³/mol. The molecule has 49 heavy (non-hydrogen) atoms. The number of thiocarbonyl (C=S) groups is 1. The minimum Gasteiger partial charge on any atom is -0.361 e. The third kappa shape index (κ3) is 8.14. The van der Waals surface area contributed by atoms with Gasteiger partial charge < -0.3 is 30.0 Å². The van der Waals surface area contributed by atoms with Crippen LogP contribution < -0.4 is 5.32 Å². The third-order valence-corrected chi connectivity index (χ3v) is 9.87. The number of H-pyrrole nitrogens is 2. The first-order chi connectivity index (χ1) is 23.8. The molecule has 0 spiro atoms. The van der Waals surface area contributed by atoms with E-state index in [9.17, 15) is 9.59 Å². The van der Waals surface area contributed by atoms with Gasteiger partial charge in [-0.2, -0.15) is 0 Å². The summed E-state index contributed by atoms with van der Waals surface area (Å²) >= 11 is 5.61. The summed E-state index contributed by atoms with van der Waals surface area (Å²) in [5.74, 6) is -0.266. The highest BCUT2D eigenvalue weighted by atomic mass is 32.1. The van der Waals surface area contributed by atoms with Crippen LogP contribution in [0.1, 0.15) is 45.7 Å². The van der Waals surface area contributed by atoms with Crippen LogP contribution in [-0.4, -0.2) is 112 Å². The number of carbonyl (C=O) groups is 2. The van der Waals surface area contributed by atoms with E-state index in [0.29, 0.717) is 49.6 Å². The van der Waals surface area contributed by atoms with Crippen LogP contribution >= 0.6 is 12.2 Å². The minimum atomic E-state index is -0.150. The lowest BCUT2D eigenvalue weighted by molar-refractivity contribution is 0.0708. The number of benzene rings is 3. The van der Waals surface area contributed by atoms with Gasteiger partial charge in [0.15, 0.2) is 5.11 Å².